The van der Waals surface area contributed by atoms with Gasteiger partial charge in [-0.3, -0.25) is 4.79 Å². The summed E-state index contributed by atoms with van der Waals surface area (Å²) in [6.07, 6.45) is 1.76. The van der Waals surface area contributed by atoms with Gasteiger partial charge in [0.25, 0.3) is 0 Å². The van der Waals surface area contributed by atoms with Gasteiger partial charge in [-0.15, -0.1) is 0 Å². The zero-order valence-electron chi connectivity index (χ0n) is 21.9. The first kappa shape index (κ1) is 27.0. The predicted octanol–water partition coefficient (Wildman–Crippen LogP) is 3.37. The normalized spacial score (nSPS) is 13.8. The minimum atomic E-state index is -0.620. The number of benzene rings is 2. The Morgan fingerprint density at radius 2 is 2.00 bits per heavy atom. The number of carbonyl (C=O) groups is 1. The molecule has 3 aromatic rings. The maximum atomic E-state index is 11.9. The van der Waals surface area contributed by atoms with Gasteiger partial charge in [-0.05, 0) is 51.1 Å². The Bertz CT molecular complexity index is 1310. The van der Waals surface area contributed by atoms with E-state index in [1.54, 1.807) is 13.1 Å². The van der Waals surface area contributed by atoms with Crippen molar-refractivity contribution in [3.63, 3.8) is 0 Å². The molecule has 2 heterocycles. The zero-order valence-corrected chi connectivity index (χ0v) is 21.9. The molecule has 0 spiro atoms. The Labute approximate surface area is 223 Å². The maximum Gasteiger partial charge on any atom is 0.222 e. The number of aliphatic hydroxyl groups is 1. The lowest BCUT2D eigenvalue weighted by Crippen LogP contribution is -2.29. The number of hydrogen-bond donors (Lipinski definition) is 3. The van der Waals surface area contributed by atoms with E-state index in [0.29, 0.717) is 42.5 Å². The third kappa shape index (κ3) is 6.85. The van der Waals surface area contributed by atoms with E-state index in [1.165, 1.54) is 0 Å². The molecule has 1 amide bonds. The third-order valence-corrected chi connectivity index (χ3v) is 6.45. The highest BCUT2D eigenvalue weighted by Crippen LogP contribution is 2.31. The van der Waals surface area contributed by atoms with Crippen LogP contribution in [0.5, 0.6) is 5.75 Å². The summed E-state index contributed by atoms with van der Waals surface area (Å²) >= 11 is 0. The van der Waals surface area contributed by atoms with E-state index in [1.807, 2.05) is 54.3 Å². The second-order valence-corrected chi connectivity index (χ2v) is 9.38. The number of amides is 1. The van der Waals surface area contributed by atoms with Crippen molar-refractivity contribution in [2.45, 2.75) is 32.3 Å². The highest BCUT2D eigenvalue weighted by molar-refractivity contribution is 5.78. The molecule has 1 aliphatic rings. The molecule has 9 heteroatoms. The van der Waals surface area contributed by atoms with E-state index in [2.05, 4.69) is 16.7 Å². The van der Waals surface area contributed by atoms with Crippen molar-refractivity contribution in [3.05, 3.63) is 59.7 Å². The van der Waals surface area contributed by atoms with Crippen LogP contribution in [0.3, 0.4) is 0 Å². The maximum absolute atomic E-state index is 11.9. The summed E-state index contributed by atoms with van der Waals surface area (Å²) in [6.45, 7) is 4.78. The van der Waals surface area contributed by atoms with E-state index in [-0.39, 0.29) is 12.5 Å². The van der Waals surface area contributed by atoms with Crippen LogP contribution in [0, 0.1) is 18.3 Å². The van der Waals surface area contributed by atoms with E-state index >= 15 is 0 Å². The van der Waals surface area contributed by atoms with Crippen molar-refractivity contribution < 1.29 is 14.6 Å². The molecule has 1 aliphatic heterocycles. The van der Waals surface area contributed by atoms with Crippen molar-refractivity contribution in [3.8, 4) is 34.5 Å². The highest BCUT2D eigenvalue weighted by atomic mass is 16.5. The number of nitriles is 1. The van der Waals surface area contributed by atoms with Crippen LogP contribution < -0.4 is 15.4 Å². The molecular weight excluding hydrogens is 480 g/mol. The van der Waals surface area contributed by atoms with Crippen LogP contribution in [0.1, 0.15) is 30.4 Å². The number of nitrogens with one attached hydrogen (secondary N) is 2. The molecule has 1 unspecified atom stereocenters. The fourth-order valence-corrected chi connectivity index (χ4v) is 4.46. The summed E-state index contributed by atoms with van der Waals surface area (Å²) in [6, 6.07) is 17.0. The van der Waals surface area contributed by atoms with Crippen molar-refractivity contribution in [2.24, 2.45) is 0 Å². The number of ether oxygens (including phenoxy) is 1. The van der Waals surface area contributed by atoms with Crippen LogP contribution in [-0.2, 0) is 4.79 Å². The molecule has 3 N–H and O–H groups in total. The Morgan fingerprint density at radius 1 is 1.18 bits per heavy atom. The average Bonchev–Trinajstić information content (AvgIpc) is 3.35. The third-order valence-electron chi connectivity index (χ3n) is 6.45. The SMILES string of the molecule is CNCC(O)COc1cccc(-c2nc(NCCCN3CCCC3=O)c(C)c(-c3cccc(C#N)c3)n2)c1. The zero-order chi connectivity index (χ0) is 26.9. The van der Waals surface area contributed by atoms with Gasteiger partial charge >= 0.3 is 0 Å². The average molecular weight is 515 g/mol. The van der Waals surface area contributed by atoms with E-state index in [4.69, 9.17) is 14.7 Å². The van der Waals surface area contributed by atoms with Gasteiger partial charge in [0, 0.05) is 49.3 Å². The lowest BCUT2D eigenvalue weighted by atomic mass is 10.0. The standard InChI is InChI=1S/C29H34N6O3/c1-20-27(22-8-3-7-21(15-22)17-30)33-29(23-9-4-10-25(16-23)38-19-24(36)18-31-2)34-28(20)32-12-6-14-35-13-5-11-26(35)37/h3-4,7-10,15-16,24,31,36H,5-6,11-14,18-19H2,1-2H3,(H,32,33,34). The second-order valence-electron chi connectivity index (χ2n) is 9.38. The van der Waals surface area contributed by atoms with Crippen LogP contribution in [0.4, 0.5) is 5.82 Å². The molecule has 0 saturated carbocycles. The fraction of sp³-hybridized carbons (Fsp3) is 0.379. The summed E-state index contributed by atoms with van der Waals surface area (Å²) in [5.74, 6) is 2.06. The summed E-state index contributed by atoms with van der Waals surface area (Å²) in [5, 5.41) is 25.8. The predicted molar refractivity (Wildman–Crippen MR) is 147 cm³/mol. The monoisotopic (exact) mass is 514 g/mol. The first-order chi connectivity index (χ1) is 18.5. The van der Waals surface area contributed by atoms with Gasteiger partial charge in [-0.1, -0.05) is 24.3 Å². The summed E-state index contributed by atoms with van der Waals surface area (Å²) in [4.78, 5) is 23.6. The summed E-state index contributed by atoms with van der Waals surface area (Å²) in [5.41, 5.74) is 3.78. The molecule has 1 fully saturated rings. The largest absolute Gasteiger partial charge is 0.491 e. The fourth-order valence-electron chi connectivity index (χ4n) is 4.46. The molecule has 38 heavy (non-hydrogen) atoms. The molecule has 1 atom stereocenters. The highest BCUT2D eigenvalue weighted by Gasteiger charge is 2.19. The number of aromatic nitrogens is 2. The van der Waals surface area contributed by atoms with Crippen molar-refractivity contribution >= 4 is 11.7 Å². The number of anilines is 1. The number of rotatable bonds is 12. The number of carbonyl (C=O) groups excluding carboxylic acids is 1. The van der Waals surface area contributed by atoms with Gasteiger partial charge in [0.05, 0.1) is 17.3 Å². The first-order valence-corrected chi connectivity index (χ1v) is 12.9. The van der Waals surface area contributed by atoms with Crippen molar-refractivity contribution in [2.75, 3.05) is 45.2 Å². The molecule has 2 aromatic carbocycles. The lowest BCUT2D eigenvalue weighted by Gasteiger charge is -2.17. The van der Waals surface area contributed by atoms with E-state index in [0.717, 1.165) is 48.3 Å². The van der Waals surface area contributed by atoms with Gasteiger partial charge in [0.15, 0.2) is 5.82 Å². The summed E-state index contributed by atoms with van der Waals surface area (Å²) in [7, 11) is 1.78. The molecule has 0 radical (unpaired) electrons. The van der Waals surface area contributed by atoms with Gasteiger partial charge < -0.3 is 25.4 Å². The number of likely N-dealkylation sites (tertiary alicyclic amines) is 1. The Morgan fingerprint density at radius 3 is 2.76 bits per heavy atom. The first-order valence-electron chi connectivity index (χ1n) is 12.9. The van der Waals surface area contributed by atoms with Crippen LogP contribution in [-0.4, -0.2) is 71.8 Å². The molecule has 198 valence electrons. The topological polar surface area (TPSA) is 123 Å². The quantitative estimate of drug-likeness (QED) is 0.314. The minimum absolute atomic E-state index is 0.164. The van der Waals surface area contributed by atoms with Gasteiger partial charge in [-0.25, -0.2) is 9.97 Å². The van der Waals surface area contributed by atoms with Crippen LogP contribution >= 0.6 is 0 Å². The van der Waals surface area contributed by atoms with Crippen molar-refractivity contribution in [1.29, 1.82) is 5.26 Å². The van der Waals surface area contributed by atoms with Gasteiger partial charge in [0.1, 0.15) is 24.3 Å². The minimum Gasteiger partial charge on any atom is -0.491 e. The number of aliphatic hydroxyl groups excluding tert-OH is 1. The molecule has 0 aliphatic carbocycles. The number of hydrogen-bond acceptors (Lipinski definition) is 8. The van der Waals surface area contributed by atoms with E-state index in [9.17, 15) is 15.2 Å². The molecule has 0 bridgehead atoms. The Hall–Kier alpha value is -4.00. The van der Waals surface area contributed by atoms with Crippen LogP contribution in [0.2, 0.25) is 0 Å². The molecule has 4 rings (SSSR count). The molecule has 1 saturated heterocycles. The molecule has 1 aromatic heterocycles. The van der Waals surface area contributed by atoms with Crippen LogP contribution in [0.15, 0.2) is 48.5 Å². The van der Waals surface area contributed by atoms with Crippen LogP contribution in [0.25, 0.3) is 22.6 Å². The van der Waals surface area contributed by atoms with Gasteiger partial charge in [0.2, 0.25) is 5.91 Å². The Balaban J connectivity index is 1.61. The summed E-state index contributed by atoms with van der Waals surface area (Å²) < 4.78 is 5.79. The number of nitrogens with zero attached hydrogens (tertiary/aromatic N) is 4. The van der Waals surface area contributed by atoms with Gasteiger partial charge in [-0.2, -0.15) is 5.26 Å². The van der Waals surface area contributed by atoms with Crippen molar-refractivity contribution in [1.82, 2.24) is 20.2 Å². The Kier molecular flexibility index (Phi) is 9.25. The number of likely N-dealkylation sites (N-methyl/N-ethyl adjacent to an activating group) is 1. The second kappa shape index (κ2) is 13.0. The smallest absolute Gasteiger partial charge is 0.222 e. The molecular formula is C29H34N6O3. The van der Waals surface area contributed by atoms with E-state index < -0.39 is 6.10 Å². The lowest BCUT2D eigenvalue weighted by molar-refractivity contribution is -0.127. The molecule has 9 nitrogen and oxygen atoms in total.